The van der Waals surface area contributed by atoms with Gasteiger partial charge in [0.1, 0.15) is 17.9 Å². The number of nitrogens with zero attached hydrogens (tertiary/aromatic N) is 3. The van der Waals surface area contributed by atoms with E-state index in [1.807, 2.05) is 6.92 Å². The summed E-state index contributed by atoms with van der Waals surface area (Å²) in [4.78, 5) is 34.1. The quantitative estimate of drug-likeness (QED) is 0.385. The molecule has 9 nitrogen and oxygen atoms in total. The van der Waals surface area contributed by atoms with E-state index in [0.29, 0.717) is 5.92 Å². The maximum atomic E-state index is 11.9. The van der Waals surface area contributed by atoms with Crippen LogP contribution in [0.3, 0.4) is 0 Å². The zero-order chi connectivity index (χ0) is 19.9. The van der Waals surface area contributed by atoms with Crippen LogP contribution in [-0.4, -0.2) is 39.2 Å². The molecule has 9 heteroatoms. The summed E-state index contributed by atoms with van der Waals surface area (Å²) < 4.78 is 6.14. The first kappa shape index (κ1) is 21.6. The molecule has 0 bridgehead atoms. The van der Waals surface area contributed by atoms with Gasteiger partial charge in [-0.1, -0.05) is 26.7 Å². The van der Waals surface area contributed by atoms with Crippen molar-refractivity contribution >= 4 is 17.6 Å². The number of aromatic nitrogens is 2. The van der Waals surface area contributed by atoms with Crippen molar-refractivity contribution in [3.05, 3.63) is 21.5 Å². The number of rotatable bonds is 10. The third-order valence-corrected chi connectivity index (χ3v) is 3.99. The second kappa shape index (κ2) is 9.88. The number of amides is 1. The van der Waals surface area contributed by atoms with Crippen LogP contribution in [0.15, 0.2) is 0 Å². The Morgan fingerprint density at radius 3 is 2.46 bits per heavy atom. The van der Waals surface area contributed by atoms with Gasteiger partial charge in [0.15, 0.2) is 6.61 Å². The number of hydrogen-bond acceptors (Lipinski definition) is 6. The van der Waals surface area contributed by atoms with E-state index in [0.717, 1.165) is 19.3 Å². The molecule has 0 spiro atoms. The van der Waals surface area contributed by atoms with Gasteiger partial charge in [-0.15, -0.1) is 0 Å². The largest absolute Gasteiger partial charge is 0.454 e. The normalized spacial score (nSPS) is 12.1. The van der Waals surface area contributed by atoms with E-state index in [9.17, 15) is 19.7 Å². The number of carbonyl (C=O) groups is 2. The summed E-state index contributed by atoms with van der Waals surface area (Å²) in [6.45, 7) is 8.57. The minimum Gasteiger partial charge on any atom is -0.454 e. The monoisotopic (exact) mass is 368 g/mol. The zero-order valence-corrected chi connectivity index (χ0v) is 16.1. The zero-order valence-electron chi connectivity index (χ0n) is 16.1. The van der Waals surface area contributed by atoms with E-state index < -0.39 is 10.9 Å². The first-order valence-electron chi connectivity index (χ1n) is 8.75. The van der Waals surface area contributed by atoms with E-state index in [1.165, 1.54) is 18.5 Å². The van der Waals surface area contributed by atoms with Crippen LogP contribution in [0, 0.1) is 29.9 Å². The summed E-state index contributed by atoms with van der Waals surface area (Å²) in [6.07, 6.45) is 2.99. The van der Waals surface area contributed by atoms with Crippen molar-refractivity contribution in [2.75, 3.05) is 6.61 Å². The summed E-state index contributed by atoms with van der Waals surface area (Å²) in [6, 6.07) is 0.0126. The molecule has 0 radical (unpaired) electrons. The van der Waals surface area contributed by atoms with Gasteiger partial charge in [-0.2, -0.15) is 5.10 Å². The van der Waals surface area contributed by atoms with Crippen LogP contribution < -0.4 is 5.32 Å². The first-order valence-corrected chi connectivity index (χ1v) is 8.75. The summed E-state index contributed by atoms with van der Waals surface area (Å²) in [5.41, 5.74) is 0.381. The maximum absolute atomic E-state index is 11.9. The highest BCUT2D eigenvalue weighted by molar-refractivity contribution is 5.80. The molecule has 1 atom stereocenters. The number of aryl methyl sites for hydroxylation is 1. The first-order chi connectivity index (χ1) is 12.1. The van der Waals surface area contributed by atoms with Gasteiger partial charge >= 0.3 is 11.7 Å². The fourth-order valence-electron chi connectivity index (χ4n) is 2.64. The van der Waals surface area contributed by atoms with Gasteiger partial charge in [-0.25, -0.2) is 0 Å². The third-order valence-electron chi connectivity index (χ3n) is 3.99. The van der Waals surface area contributed by atoms with Crippen LogP contribution >= 0.6 is 0 Å². The second-order valence-corrected chi connectivity index (χ2v) is 6.89. The molecule has 1 amide bonds. The molecule has 1 rings (SSSR count). The SMILES string of the molecule is Cc1nn(CC(=O)OCC(=O)NC(C)CCCC(C)C)c(C)c1[N+](=O)[O-]. The van der Waals surface area contributed by atoms with E-state index in [-0.39, 0.29) is 42.2 Å². The molecule has 1 aromatic heterocycles. The molecular formula is C17H28N4O5. The molecule has 0 aliphatic carbocycles. The lowest BCUT2D eigenvalue weighted by Gasteiger charge is -2.14. The van der Waals surface area contributed by atoms with Crippen LogP contribution in [0.4, 0.5) is 5.69 Å². The van der Waals surface area contributed by atoms with E-state index in [1.54, 1.807) is 0 Å². The van der Waals surface area contributed by atoms with Gasteiger partial charge in [0.05, 0.1) is 4.92 Å². The standard InChI is InChI=1S/C17H28N4O5/c1-11(2)7-6-8-12(3)18-15(22)10-26-16(23)9-20-14(5)17(21(24)25)13(4)19-20/h11-12H,6-10H2,1-5H3,(H,18,22). The maximum Gasteiger partial charge on any atom is 0.328 e. The van der Waals surface area contributed by atoms with E-state index in [2.05, 4.69) is 24.3 Å². The Bertz CT molecular complexity index is 654. The van der Waals surface area contributed by atoms with Crippen molar-refractivity contribution in [3.8, 4) is 0 Å². The minimum absolute atomic E-state index is 0.0126. The predicted octanol–water partition coefficient (Wildman–Crippen LogP) is 2.28. The highest BCUT2D eigenvalue weighted by Gasteiger charge is 2.23. The second-order valence-electron chi connectivity index (χ2n) is 6.89. The van der Waals surface area contributed by atoms with Crippen molar-refractivity contribution in [3.63, 3.8) is 0 Å². The Balaban J connectivity index is 2.41. The smallest absolute Gasteiger partial charge is 0.328 e. The minimum atomic E-state index is -0.673. The summed E-state index contributed by atoms with van der Waals surface area (Å²) in [7, 11) is 0. The summed E-state index contributed by atoms with van der Waals surface area (Å²) in [5.74, 6) is -0.410. The molecule has 0 aromatic carbocycles. The average molecular weight is 368 g/mol. The van der Waals surface area contributed by atoms with Crippen LogP contribution in [-0.2, 0) is 20.9 Å². The Morgan fingerprint density at radius 1 is 1.27 bits per heavy atom. The number of esters is 1. The molecule has 26 heavy (non-hydrogen) atoms. The molecular weight excluding hydrogens is 340 g/mol. The highest BCUT2D eigenvalue weighted by Crippen LogP contribution is 2.21. The lowest BCUT2D eigenvalue weighted by atomic mass is 10.0. The molecule has 146 valence electrons. The predicted molar refractivity (Wildman–Crippen MR) is 95.6 cm³/mol. The molecule has 1 heterocycles. The fraction of sp³-hybridized carbons (Fsp3) is 0.706. The fourth-order valence-corrected chi connectivity index (χ4v) is 2.64. The van der Waals surface area contributed by atoms with Crippen molar-refractivity contribution in [2.24, 2.45) is 5.92 Å². The lowest BCUT2D eigenvalue weighted by molar-refractivity contribution is -0.386. The molecule has 1 unspecified atom stereocenters. The van der Waals surface area contributed by atoms with Gasteiger partial charge < -0.3 is 10.1 Å². The summed E-state index contributed by atoms with van der Waals surface area (Å²) >= 11 is 0. The Kier molecular flexibility index (Phi) is 8.21. The molecule has 0 saturated heterocycles. The topological polar surface area (TPSA) is 116 Å². The van der Waals surface area contributed by atoms with Crippen LogP contribution in [0.5, 0.6) is 0 Å². The molecule has 0 aliphatic heterocycles. The molecule has 0 saturated carbocycles. The third kappa shape index (κ3) is 6.81. The number of nitrogens with one attached hydrogen (secondary N) is 1. The van der Waals surface area contributed by atoms with Crippen LogP contribution in [0.1, 0.15) is 51.4 Å². The van der Waals surface area contributed by atoms with Gasteiger partial charge in [-0.05, 0) is 33.1 Å². The van der Waals surface area contributed by atoms with Gasteiger partial charge in [0, 0.05) is 6.04 Å². The molecule has 0 aliphatic rings. The molecule has 0 fully saturated rings. The van der Waals surface area contributed by atoms with Crippen molar-refractivity contribution in [2.45, 2.75) is 66.5 Å². The van der Waals surface area contributed by atoms with Gasteiger partial charge in [0.2, 0.25) is 0 Å². The Morgan fingerprint density at radius 2 is 1.92 bits per heavy atom. The van der Waals surface area contributed by atoms with Crippen molar-refractivity contribution in [1.29, 1.82) is 0 Å². The van der Waals surface area contributed by atoms with E-state index >= 15 is 0 Å². The Labute approximate surface area is 153 Å². The molecule has 1 aromatic rings. The number of ether oxygens (including phenoxy) is 1. The number of hydrogen-bond donors (Lipinski definition) is 1. The van der Waals surface area contributed by atoms with Gasteiger partial charge in [-0.3, -0.25) is 24.4 Å². The highest BCUT2D eigenvalue weighted by atomic mass is 16.6. The van der Waals surface area contributed by atoms with Crippen LogP contribution in [0.25, 0.3) is 0 Å². The Hall–Kier alpha value is -2.45. The van der Waals surface area contributed by atoms with Crippen molar-refractivity contribution in [1.82, 2.24) is 15.1 Å². The number of carbonyl (C=O) groups excluding carboxylic acids is 2. The number of nitro groups is 1. The lowest BCUT2D eigenvalue weighted by Crippen LogP contribution is -2.36. The summed E-state index contributed by atoms with van der Waals surface area (Å²) in [5, 5.41) is 17.7. The van der Waals surface area contributed by atoms with Crippen molar-refractivity contribution < 1.29 is 19.2 Å². The van der Waals surface area contributed by atoms with Gasteiger partial charge in [0.25, 0.3) is 5.91 Å². The average Bonchev–Trinajstić information content (AvgIpc) is 2.78. The van der Waals surface area contributed by atoms with E-state index in [4.69, 9.17) is 4.74 Å². The van der Waals surface area contributed by atoms with Crippen LogP contribution in [0.2, 0.25) is 0 Å². The molecule has 1 N–H and O–H groups in total.